The van der Waals surface area contributed by atoms with Crippen LogP contribution in [0.5, 0.6) is 0 Å². The summed E-state index contributed by atoms with van der Waals surface area (Å²) in [7, 11) is 0. The average Bonchev–Trinajstić information content (AvgIpc) is 2.48. The fraction of sp³-hybridized carbons (Fsp3) is 0.438. The molecule has 1 saturated heterocycles. The molecule has 0 atom stereocenters. The van der Waals surface area contributed by atoms with E-state index in [2.05, 4.69) is 4.90 Å². The van der Waals surface area contributed by atoms with Crippen LogP contribution in [0, 0.1) is 5.82 Å². The van der Waals surface area contributed by atoms with Crippen molar-refractivity contribution in [1.82, 2.24) is 9.47 Å². The predicted molar refractivity (Wildman–Crippen MR) is 81.8 cm³/mol. The number of nitrogens with two attached hydrogens (primary N) is 1. The summed E-state index contributed by atoms with van der Waals surface area (Å²) in [5.74, 6) is -0.287. The van der Waals surface area contributed by atoms with E-state index < -0.39 is 0 Å². The Bertz CT molecular complexity index is 689. The van der Waals surface area contributed by atoms with Crippen LogP contribution in [0.25, 0.3) is 10.9 Å². The number of pyridine rings is 1. The van der Waals surface area contributed by atoms with Gasteiger partial charge in [0.1, 0.15) is 5.82 Å². The van der Waals surface area contributed by atoms with Crippen molar-refractivity contribution in [1.29, 1.82) is 0 Å². The van der Waals surface area contributed by atoms with Gasteiger partial charge in [-0.15, -0.1) is 0 Å². The lowest BCUT2D eigenvalue weighted by atomic mass is 10.1. The summed E-state index contributed by atoms with van der Waals surface area (Å²) >= 11 is 0. The van der Waals surface area contributed by atoms with Crippen LogP contribution in [0.2, 0.25) is 0 Å². The minimum Gasteiger partial charge on any atom is -0.328 e. The van der Waals surface area contributed by atoms with Gasteiger partial charge in [0.25, 0.3) is 5.56 Å². The lowest BCUT2D eigenvalue weighted by Crippen LogP contribution is -2.41. The van der Waals surface area contributed by atoms with Crippen molar-refractivity contribution >= 4 is 10.9 Å². The van der Waals surface area contributed by atoms with Crippen molar-refractivity contribution in [2.24, 2.45) is 5.73 Å². The topological polar surface area (TPSA) is 51.3 Å². The van der Waals surface area contributed by atoms with E-state index in [1.807, 2.05) is 0 Å². The molecule has 0 saturated carbocycles. The molecule has 0 amide bonds. The SMILES string of the molecule is NC1CCN(CCn2c(=O)ccc3c(F)cccc32)CC1. The number of benzene rings is 1. The lowest BCUT2D eigenvalue weighted by molar-refractivity contribution is 0.206. The van der Waals surface area contributed by atoms with Crippen LogP contribution in [0.1, 0.15) is 12.8 Å². The minimum atomic E-state index is -0.287. The Balaban J connectivity index is 1.82. The Morgan fingerprint density at radius 2 is 1.90 bits per heavy atom. The number of nitrogens with zero attached hydrogens (tertiary/aromatic N) is 2. The third-order valence-electron chi connectivity index (χ3n) is 4.25. The number of piperidine rings is 1. The van der Waals surface area contributed by atoms with Gasteiger partial charge in [-0.1, -0.05) is 6.07 Å². The van der Waals surface area contributed by atoms with Gasteiger partial charge < -0.3 is 15.2 Å². The van der Waals surface area contributed by atoms with Crippen molar-refractivity contribution in [2.75, 3.05) is 19.6 Å². The second-order valence-electron chi connectivity index (χ2n) is 5.67. The first kappa shape index (κ1) is 14.2. The summed E-state index contributed by atoms with van der Waals surface area (Å²) in [6, 6.07) is 8.17. The van der Waals surface area contributed by atoms with Crippen LogP contribution >= 0.6 is 0 Å². The fourth-order valence-electron chi connectivity index (χ4n) is 2.94. The number of likely N-dealkylation sites (tertiary alicyclic amines) is 1. The molecule has 2 N–H and O–H groups in total. The molecule has 2 aromatic rings. The Morgan fingerprint density at radius 1 is 1.14 bits per heavy atom. The lowest BCUT2D eigenvalue weighted by Gasteiger charge is -2.30. The highest BCUT2D eigenvalue weighted by molar-refractivity contribution is 5.79. The zero-order valence-corrected chi connectivity index (χ0v) is 12.0. The first-order chi connectivity index (χ1) is 10.1. The molecule has 0 bridgehead atoms. The zero-order chi connectivity index (χ0) is 14.8. The standard InChI is InChI=1S/C16H20FN3O/c17-14-2-1-3-15-13(14)4-5-16(21)20(15)11-10-19-8-6-12(18)7-9-19/h1-5,12H,6-11,18H2. The molecule has 0 spiro atoms. The molecule has 0 aliphatic carbocycles. The first-order valence-corrected chi connectivity index (χ1v) is 7.41. The molecule has 0 unspecified atom stereocenters. The maximum atomic E-state index is 13.8. The van der Waals surface area contributed by atoms with Crippen LogP contribution in [0.15, 0.2) is 35.1 Å². The van der Waals surface area contributed by atoms with Gasteiger partial charge in [-0.05, 0) is 44.1 Å². The second-order valence-corrected chi connectivity index (χ2v) is 5.67. The van der Waals surface area contributed by atoms with Crippen LogP contribution in [0.4, 0.5) is 4.39 Å². The van der Waals surface area contributed by atoms with Gasteiger partial charge >= 0.3 is 0 Å². The molecule has 1 aliphatic heterocycles. The average molecular weight is 289 g/mol. The molecule has 0 radical (unpaired) electrons. The summed E-state index contributed by atoms with van der Waals surface area (Å²) < 4.78 is 15.5. The van der Waals surface area contributed by atoms with Crippen molar-refractivity contribution in [3.63, 3.8) is 0 Å². The normalized spacial score (nSPS) is 17.4. The van der Waals surface area contributed by atoms with E-state index in [-0.39, 0.29) is 11.4 Å². The van der Waals surface area contributed by atoms with Crippen molar-refractivity contribution in [2.45, 2.75) is 25.4 Å². The van der Waals surface area contributed by atoms with Gasteiger partial charge in [0.15, 0.2) is 0 Å². The van der Waals surface area contributed by atoms with Crippen LogP contribution in [0.3, 0.4) is 0 Å². The smallest absolute Gasteiger partial charge is 0.251 e. The zero-order valence-electron chi connectivity index (χ0n) is 12.0. The highest BCUT2D eigenvalue weighted by Gasteiger charge is 2.16. The van der Waals surface area contributed by atoms with Crippen molar-refractivity contribution in [3.8, 4) is 0 Å². The quantitative estimate of drug-likeness (QED) is 0.933. The Hall–Kier alpha value is -1.72. The maximum Gasteiger partial charge on any atom is 0.251 e. The molecule has 21 heavy (non-hydrogen) atoms. The number of aromatic nitrogens is 1. The number of hydrogen-bond acceptors (Lipinski definition) is 3. The molecule has 3 rings (SSSR count). The van der Waals surface area contributed by atoms with Gasteiger partial charge in [0.05, 0.1) is 5.52 Å². The van der Waals surface area contributed by atoms with E-state index in [1.54, 1.807) is 22.8 Å². The number of fused-ring (bicyclic) bond motifs is 1. The van der Waals surface area contributed by atoms with Crippen LogP contribution in [-0.2, 0) is 6.54 Å². The summed E-state index contributed by atoms with van der Waals surface area (Å²) in [6.07, 6.45) is 2.00. The third-order valence-corrected chi connectivity index (χ3v) is 4.25. The highest BCUT2D eigenvalue weighted by atomic mass is 19.1. The largest absolute Gasteiger partial charge is 0.328 e. The molecule has 1 fully saturated rings. The number of rotatable bonds is 3. The van der Waals surface area contributed by atoms with Gasteiger partial charge in [-0.2, -0.15) is 0 Å². The van der Waals surface area contributed by atoms with Gasteiger partial charge in [0, 0.05) is 30.6 Å². The first-order valence-electron chi connectivity index (χ1n) is 7.41. The Kier molecular flexibility index (Phi) is 4.03. The van der Waals surface area contributed by atoms with E-state index in [4.69, 9.17) is 5.73 Å². The fourth-order valence-corrected chi connectivity index (χ4v) is 2.94. The Labute approximate surface area is 123 Å². The monoisotopic (exact) mass is 289 g/mol. The Morgan fingerprint density at radius 3 is 2.67 bits per heavy atom. The molecule has 5 heteroatoms. The van der Waals surface area contributed by atoms with E-state index in [0.29, 0.717) is 23.5 Å². The number of halogens is 1. The maximum absolute atomic E-state index is 13.8. The summed E-state index contributed by atoms with van der Waals surface area (Å²) in [5, 5.41) is 0.498. The third kappa shape index (κ3) is 2.99. The van der Waals surface area contributed by atoms with Gasteiger partial charge in [-0.3, -0.25) is 4.79 Å². The second kappa shape index (κ2) is 5.95. The van der Waals surface area contributed by atoms with E-state index in [1.165, 1.54) is 12.1 Å². The van der Waals surface area contributed by atoms with Gasteiger partial charge in [0.2, 0.25) is 0 Å². The molecule has 4 nitrogen and oxygen atoms in total. The van der Waals surface area contributed by atoms with Crippen LogP contribution in [-0.4, -0.2) is 35.1 Å². The highest BCUT2D eigenvalue weighted by Crippen LogP contribution is 2.16. The molecular formula is C16H20FN3O. The summed E-state index contributed by atoms with van der Waals surface area (Å²) in [6.45, 7) is 3.31. The summed E-state index contributed by atoms with van der Waals surface area (Å²) in [5.41, 5.74) is 6.48. The molecule has 1 aromatic carbocycles. The van der Waals surface area contributed by atoms with Crippen LogP contribution < -0.4 is 11.3 Å². The minimum absolute atomic E-state index is 0.0817. The van der Waals surface area contributed by atoms with E-state index in [0.717, 1.165) is 32.5 Å². The van der Waals surface area contributed by atoms with E-state index >= 15 is 0 Å². The molecule has 1 aromatic heterocycles. The molecule has 112 valence electrons. The molecular weight excluding hydrogens is 269 g/mol. The van der Waals surface area contributed by atoms with Crippen molar-refractivity contribution < 1.29 is 4.39 Å². The van der Waals surface area contributed by atoms with Crippen molar-refractivity contribution in [3.05, 3.63) is 46.5 Å². The van der Waals surface area contributed by atoms with E-state index in [9.17, 15) is 9.18 Å². The predicted octanol–water partition coefficient (Wildman–Crippen LogP) is 1.56. The number of hydrogen-bond donors (Lipinski definition) is 1. The molecule has 1 aliphatic rings. The molecule has 2 heterocycles. The van der Waals surface area contributed by atoms with Gasteiger partial charge in [-0.25, -0.2) is 4.39 Å². The summed E-state index contributed by atoms with van der Waals surface area (Å²) in [4.78, 5) is 14.4.